The zero-order valence-electron chi connectivity index (χ0n) is 11.1. The predicted molar refractivity (Wildman–Crippen MR) is 75.1 cm³/mol. The maximum atomic E-state index is 5.84. The second-order valence-corrected chi connectivity index (χ2v) is 4.88. The molecule has 98 valence electrons. The van der Waals surface area contributed by atoms with E-state index in [0.29, 0.717) is 12.6 Å². The Labute approximate surface area is 113 Å². The number of fused-ring (bicyclic) bond motifs is 1. The summed E-state index contributed by atoms with van der Waals surface area (Å²) in [5.74, 6) is 0.951. The summed E-state index contributed by atoms with van der Waals surface area (Å²) in [6.07, 6.45) is 5.89. The second kappa shape index (κ2) is 5.41. The van der Waals surface area contributed by atoms with Gasteiger partial charge in [-0.3, -0.25) is 4.98 Å². The van der Waals surface area contributed by atoms with Gasteiger partial charge in [0.05, 0.1) is 0 Å². The van der Waals surface area contributed by atoms with Crippen molar-refractivity contribution in [3.8, 4) is 5.75 Å². The van der Waals surface area contributed by atoms with Gasteiger partial charge in [-0.2, -0.15) is 0 Å². The maximum Gasteiger partial charge on any atom is 0.120 e. The highest BCUT2D eigenvalue weighted by Gasteiger charge is 2.20. The third kappa shape index (κ3) is 2.61. The van der Waals surface area contributed by atoms with Gasteiger partial charge in [-0.25, -0.2) is 0 Å². The molecule has 0 amide bonds. The lowest BCUT2D eigenvalue weighted by Crippen LogP contribution is -2.12. The largest absolute Gasteiger partial charge is 0.489 e. The normalized spacial score (nSPS) is 17.2. The monoisotopic (exact) mass is 254 g/mol. The molecule has 1 atom stereocenters. The number of pyridine rings is 1. The number of hydrogen-bond acceptors (Lipinski definition) is 3. The summed E-state index contributed by atoms with van der Waals surface area (Å²) in [7, 11) is 2.02. The van der Waals surface area contributed by atoms with E-state index in [1.54, 1.807) is 12.4 Å². The average Bonchev–Trinajstić information content (AvgIpc) is 2.88. The highest BCUT2D eigenvalue weighted by molar-refractivity contribution is 5.40. The Morgan fingerprint density at radius 3 is 2.89 bits per heavy atom. The fraction of sp³-hybridized carbons (Fsp3) is 0.312. The van der Waals surface area contributed by atoms with Gasteiger partial charge in [-0.1, -0.05) is 6.07 Å². The van der Waals surface area contributed by atoms with Crippen LogP contribution < -0.4 is 10.1 Å². The summed E-state index contributed by atoms with van der Waals surface area (Å²) in [5, 5.41) is 3.35. The van der Waals surface area contributed by atoms with Crippen molar-refractivity contribution in [1.82, 2.24) is 10.3 Å². The third-order valence-electron chi connectivity index (χ3n) is 3.70. The molecular weight excluding hydrogens is 236 g/mol. The van der Waals surface area contributed by atoms with Gasteiger partial charge >= 0.3 is 0 Å². The Bertz CT molecular complexity index is 554. The molecule has 3 rings (SSSR count). The van der Waals surface area contributed by atoms with Crippen molar-refractivity contribution in [3.05, 3.63) is 59.4 Å². The van der Waals surface area contributed by atoms with Crippen LogP contribution in [0.3, 0.4) is 0 Å². The van der Waals surface area contributed by atoms with Crippen molar-refractivity contribution in [3.63, 3.8) is 0 Å². The maximum absolute atomic E-state index is 5.84. The Balaban J connectivity index is 1.70. The van der Waals surface area contributed by atoms with Crippen molar-refractivity contribution in [2.45, 2.75) is 25.5 Å². The first-order chi connectivity index (χ1) is 9.36. The summed E-state index contributed by atoms with van der Waals surface area (Å²) < 4.78 is 5.84. The fourth-order valence-corrected chi connectivity index (χ4v) is 2.63. The lowest BCUT2D eigenvalue weighted by Gasteiger charge is -2.11. The summed E-state index contributed by atoms with van der Waals surface area (Å²) >= 11 is 0. The SMILES string of the molecule is CNC1CCc2cc(OCc3ccncc3)ccc21. The Morgan fingerprint density at radius 2 is 2.11 bits per heavy atom. The zero-order chi connectivity index (χ0) is 13.1. The van der Waals surface area contributed by atoms with Crippen LogP contribution in [0.15, 0.2) is 42.7 Å². The zero-order valence-corrected chi connectivity index (χ0v) is 11.1. The van der Waals surface area contributed by atoms with Crippen molar-refractivity contribution >= 4 is 0 Å². The quantitative estimate of drug-likeness (QED) is 0.911. The van der Waals surface area contributed by atoms with Crippen LogP contribution in [0.4, 0.5) is 0 Å². The lowest BCUT2D eigenvalue weighted by molar-refractivity contribution is 0.306. The molecule has 0 fully saturated rings. The highest BCUT2D eigenvalue weighted by atomic mass is 16.5. The predicted octanol–water partition coefficient (Wildman–Crippen LogP) is 2.87. The number of rotatable bonds is 4. The number of aromatic nitrogens is 1. The van der Waals surface area contributed by atoms with E-state index in [2.05, 4.69) is 28.5 Å². The van der Waals surface area contributed by atoms with Crippen LogP contribution in [0.2, 0.25) is 0 Å². The number of ether oxygens (including phenoxy) is 1. The van der Waals surface area contributed by atoms with Crippen molar-refractivity contribution < 1.29 is 4.74 Å². The van der Waals surface area contributed by atoms with Gasteiger partial charge in [-0.05, 0) is 60.8 Å². The molecule has 0 bridgehead atoms. The molecule has 19 heavy (non-hydrogen) atoms. The molecule has 1 aliphatic rings. The van der Waals surface area contributed by atoms with E-state index in [1.165, 1.54) is 17.5 Å². The molecule has 2 aromatic rings. The van der Waals surface area contributed by atoms with Crippen LogP contribution in [0.25, 0.3) is 0 Å². The Hall–Kier alpha value is -1.87. The van der Waals surface area contributed by atoms with Crippen LogP contribution >= 0.6 is 0 Å². The highest BCUT2D eigenvalue weighted by Crippen LogP contribution is 2.33. The molecule has 0 spiro atoms. The number of nitrogens with zero attached hydrogens (tertiary/aromatic N) is 1. The van der Waals surface area contributed by atoms with Crippen molar-refractivity contribution in [2.75, 3.05) is 7.05 Å². The first-order valence-electron chi connectivity index (χ1n) is 6.68. The lowest BCUT2D eigenvalue weighted by atomic mass is 10.1. The number of aryl methyl sites for hydroxylation is 1. The minimum atomic E-state index is 0.504. The Morgan fingerprint density at radius 1 is 1.26 bits per heavy atom. The van der Waals surface area contributed by atoms with Crippen LogP contribution in [0.5, 0.6) is 5.75 Å². The van der Waals surface area contributed by atoms with Crippen LogP contribution in [-0.2, 0) is 13.0 Å². The smallest absolute Gasteiger partial charge is 0.120 e. The van der Waals surface area contributed by atoms with Crippen LogP contribution in [0.1, 0.15) is 29.2 Å². The molecule has 1 heterocycles. The molecule has 0 saturated carbocycles. The first kappa shape index (κ1) is 12.2. The molecule has 3 heteroatoms. The van der Waals surface area contributed by atoms with E-state index in [0.717, 1.165) is 17.7 Å². The third-order valence-corrected chi connectivity index (χ3v) is 3.70. The van der Waals surface area contributed by atoms with Crippen LogP contribution in [0, 0.1) is 0 Å². The molecule has 1 aromatic heterocycles. The summed E-state index contributed by atoms with van der Waals surface area (Å²) in [5.41, 5.74) is 3.97. The van der Waals surface area contributed by atoms with Gasteiger partial charge in [0.2, 0.25) is 0 Å². The van der Waals surface area contributed by atoms with E-state index in [4.69, 9.17) is 4.74 Å². The Kier molecular flexibility index (Phi) is 3.47. The van der Waals surface area contributed by atoms with Gasteiger partial charge < -0.3 is 10.1 Å². The molecule has 3 nitrogen and oxygen atoms in total. The van der Waals surface area contributed by atoms with E-state index in [-0.39, 0.29) is 0 Å². The number of benzene rings is 1. The second-order valence-electron chi connectivity index (χ2n) is 4.88. The van der Waals surface area contributed by atoms with Crippen molar-refractivity contribution in [1.29, 1.82) is 0 Å². The average molecular weight is 254 g/mol. The molecule has 0 aliphatic heterocycles. The van der Waals surface area contributed by atoms with E-state index in [9.17, 15) is 0 Å². The topological polar surface area (TPSA) is 34.1 Å². The van der Waals surface area contributed by atoms with E-state index < -0.39 is 0 Å². The molecule has 1 N–H and O–H groups in total. The van der Waals surface area contributed by atoms with E-state index >= 15 is 0 Å². The molecule has 0 radical (unpaired) electrons. The van der Waals surface area contributed by atoms with Crippen LogP contribution in [-0.4, -0.2) is 12.0 Å². The fourth-order valence-electron chi connectivity index (χ4n) is 2.63. The molecule has 1 unspecified atom stereocenters. The number of nitrogens with one attached hydrogen (secondary N) is 1. The molecule has 1 aliphatic carbocycles. The first-order valence-corrected chi connectivity index (χ1v) is 6.68. The standard InChI is InChI=1S/C16H18N2O/c1-17-16-5-2-13-10-14(3-4-15(13)16)19-11-12-6-8-18-9-7-12/h3-4,6-10,16-17H,2,5,11H2,1H3. The van der Waals surface area contributed by atoms with Crippen molar-refractivity contribution in [2.24, 2.45) is 0 Å². The van der Waals surface area contributed by atoms with Gasteiger partial charge in [0, 0.05) is 18.4 Å². The molecule has 0 saturated heterocycles. The summed E-state index contributed by atoms with van der Waals surface area (Å²) in [4.78, 5) is 4.00. The summed E-state index contributed by atoms with van der Waals surface area (Å²) in [6, 6.07) is 10.9. The van der Waals surface area contributed by atoms with Gasteiger partial charge in [0.1, 0.15) is 12.4 Å². The van der Waals surface area contributed by atoms with E-state index in [1.807, 2.05) is 19.2 Å². The number of hydrogen-bond donors (Lipinski definition) is 1. The van der Waals surface area contributed by atoms with Gasteiger partial charge in [0.15, 0.2) is 0 Å². The molecule has 1 aromatic carbocycles. The minimum absolute atomic E-state index is 0.504. The minimum Gasteiger partial charge on any atom is -0.489 e. The molecular formula is C16H18N2O. The summed E-state index contributed by atoms with van der Waals surface area (Å²) in [6.45, 7) is 0.594. The van der Waals surface area contributed by atoms with Gasteiger partial charge in [-0.15, -0.1) is 0 Å². The van der Waals surface area contributed by atoms with Gasteiger partial charge in [0.25, 0.3) is 0 Å².